The van der Waals surface area contributed by atoms with Gasteiger partial charge in [-0.25, -0.2) is 0 Å². The van der Waals surface area contributed by atoms with Gasteiger partial charge in [0.2, 0.25) is 0 Å². The molecule has 0 spiro atoms. The summed E-state index contributed by atoms with van der Waals surface area (Å²) in [7, 11) is 4.09. The molecule has 0 saturated heterocycles. The highest BCUT2D eigenvalue weighted by Gasteiger charge is 2.21. The Labute approximate surface area is 144 Å². The maximum absolute atomic E-state index is 12.6. The Balaban J connectivity index is 2.07. The summed E-state index contributed by atoms with van der Waals surface area (Å²) in [5, 5.41) is 6.38. The number of hydrogen-bond donors (Lipinski definition) is 2. The number of carbonyl (C=O) groups is 1. The van der Waals surface area contributed by atoms with Gasteiger partial charge >= 0.3 is 0 Å². The van der Waals surface area contributed by atoms with Gasteiger partial charge in [-0.3, -0.25) is 4.79 Å². The fraction of sp³-hybridized carbons (Fsp3) is 0.350. The van der Waals surface area contributed by atoms with Gasteiger partial charge in [0.05, 0.1) is 11.3 Å². The van der Waals surface area contributed by atoms with E-state index in [1.807, 2.05) is 68.7 Å². The standard InChI is InChI=1S/C20H27N3O/c1-20(2,15-23(3)4)14-21-19(24)17-12-8-9-13-18(17)22-16-10-6-5-7-11-16/h5-13,22H,14-15H2,1-4H3,(H,21,24). The minimum absolute atomic E-state index is 0.0148. The molecule has 4 nitrogen and oxygen atoms in total. The summed E-state index contributed by atoms with van der Waals surface area (Å²) in [6.45, 7) is 5.85. The molecule has 0 radical (unpaired) electrons. The van der Waals surface area contributed by atoms with E-state index in [1.165, 1.54) is 0 Å². The Kier molecular flexibility index (Phi) is 5.99. The first-order valence-electron chi connectivity index (χ1n) is 8.21. The predicted molar refractivity (Wildman–Crippen MR) is 101 cm³/mol. The molecule has 0 atom stereocenters. The summed E-state index contributed by atoms with van der Waals surface area (Å²) in [6, 6.07) is 17.4. The molecule has 2 rings (SSSR count). The van der Waals surface area contributed by atoms with E-state index in [-0.39, 0.29) is 11.3 Å². The van der Waals surface area contributed by atoms with E-state index in [4.69, 9.17) is 0 Å². The molecule has 4 heteroatoms. The number of amides is 1. The maximum Gasteiger partial charge on any atom is 0.253 e. The van der Waals surface area contributed by atoms with Crippen LogP contribution in [0.2, 0.25) is 0 Å². The van der Waals surface area contributed by atoms with E-state index in [2.05, 4.69) is 29.4 Å². The second-order valence-electron chi connectivity index (χ2n) is 7.12. The second-order valence-corrected chi connectivity index (χ2v) is 7.12. The third-order valence-corrected chi connectivity index (χ3v) is 3.70. The zero-order valence-corrected chi connectivity index (χ0v) is 15.0. The summed E-state index contributed by atoms with van der Waals surface area (Å²) in [5.41, 5.74) is 2.44. The van der Waals surface area contributed by atoms with Crippen molar-refractivity contribution in [1.82, 2.24) is 10.2 Å². The van der Waals surface area contributed by atoms with Gasteiger partial charge in [-0.2, -0.15) is 0 Å². The molecule has 0 aliphatic rings. The smallest absolute Gasteiger partial charge is 0.253 e. The summed E-state index contributed by atoms with van der Waals surface area (Å²) in [6.07, 6.45) is 0. The molecule has 2 aromatic carbocycles. The highest BCUT2D eigenvalue weighted by atomic mass is 16.1. The summed E-state index contributed by atoms with van der Waals surface area (Å²) >= 11 is 0. The zero-order valence-electron chi connectivity index (χ0n) is 15.0. The number of para-hydroxylation sites is 2. The van der Waals surface area contributed by atoms with Crippen molar-refractivity contribution in [3.8, 4) is 0 Å². The predicted octanol–water partition coefficient (Wildman–Crippen LogP) is 3.75. The maximum atomic E-state index is 12.6. The molecule has 0 bridgehead atoms. The van der Waals surface area contributed by atoms with E-state index >= 15 is 0 Å². The number of nitrogens with one attached hydrogen (secondary N) is 2. The van der Waals surface area contributed by atoms with E-state index in [9.17, 15) is 4.79 Å². The number of hydrogen-bond acceptors (Lipinski definition) is 3. The molecule has 1 amide bonds. The molecule has 128 valence electrons. The van der Waals surface area contributed by atoms with Crippen LogP contribution in [0.5, 0.6) is 0 Å². The number of carbonyl (C=O) groups excluding carboxylic acids is 1. The van der Waals surface area contributed by atoms with Crippen LogP contribution in [0.4, 0.5) is 11.4 Å². The quantitative estimate of drug-likeness (QED) is 0.815. The van der Waals surface area contributed by atoms with Crippen molar-refractivity contribution in [1.29, 1.82) is 0 Å². The van der Waals surface area contributed by atoms with Crippen molar-refractivity contribution < 1.29 is 4.79 Å². The van der Waals surface area contributed by atoms with Gasteiger partial charge in [0.15, 0.2) is 0 Å². The third kappa shape index (κ3) is 5.39. The van der Waals surface area contributed by atoms with E-state index in [0.717, 1.165) is 17.9 Å². The van der Waals surface area contributed by atoms with Gasteiger partial charge in [-0.15, -0.1) is 0 Å². The molecule has 0 heterocycles. The zero-order chi connectivity index (χ0) is 17.6. The fourth-order valence-electron chi connectivity index (χ4n) is 2.79. The lowest BCUT2D eigenvalue weighted by Gasteiger charge is -2.28. The second kappa shape index (κ2) is 7.97. The van der Waals surface area contributed by atoms with Crippen LogP contribution in [0.25, 0.3) is 0 Å². The van der Waals surface area contributed by atoms with Crippen molar-refractivity contribution in [3.63, 3.8) is 0 Å². The topological polar surface area (TPSA) is 44.4 Å². The van der Waals surface area contributed by atoms with Gasteiger partial charge in [-0.1, -0.05) is 44.2 Å². The summed E-state index contributed by atoms with van der Waals surface area (Å²) < 4.78 is 0. The summed E-state index contributed by atoms with van der Waals surface area (Å²) in [4.78, 5) is 14.8. The first kappa shape index (κ1) is 18.0. The molecule has 0 aliphatic heterocycles. The molecule has 2 N–H and O–H groups in total. The van der Waals surface area contributed by atoms with Gasteiger partial charge < -0.3 is 15.5 Å². The Morgan fingerprint density at radius 3 is 2.29 bits per heavy atom. The first-order valence-corrected chi connectivity index (χ1v) is 8.21. The minimum Gasteiger partial charge on any atom is -0.355 e. The Hall–Kier alpha value is -2.33. The monoisotopic (exact) mass is 325 g/mol. The molecule has 0 fully saturated rings. The SMILES string of the molecule is CN(C)CC(C)(C)CNC(=O)c1ccccc1Nc1ccccc1. The lowest BCUT2D eigenvalue weighted by atomic mass is 9.93. The molecule has 0 aromatic heterocycles. The van der Waals surface area contributed by atoms with Crippen LogP contribution in [-0.2, 0) is 0 Å². The lowest BCUT2D eigenvalue weighted by molar-refractivity contribution is 0.0930. The van der Waals surface area contributed by atoms with Gasteiger partial charge in [0.1, 0.15) is 0 Å². The van der Waals surface area contributed by atoms with E-state index in [0.29, 0.717) is 12.1 Å². The van der Waals surface area contributed by atoms with Crippen LogP contribution in [0.3, 0.4) is 0 Å². The van der Waals surface area contributed by atoms with Crippen molar-refractivity contribution in [2.75, 3.05) is 32.5 Å². The molecule has 24 heavy (non-hydrogen) atoms. The van der Waals surface area contributed by atoms with Crippen LogP contribution in [0.15, 0.2) is 54.6 Å². The Morgan fingerprint density at radius 2 is 1.62 bits per heavy atom. The molecular weight excluding hydrogens is 298 g/mol. The number of rotatable bonds is 7. The third-order valence-electron chi connectivity index (χ3n) is 3.70. The van der Waals surface area contributed by atoms with Gasteiger partial charge in [0, 0.05) is 18.8 Å². The summed E-state index contributed by atoms with van der Waals surface area (Å²) in [5.74, 6) is -0.0548. The van der Waals surface area contributed by atoms with Crippen LogP contribution < -0.4 is 10.6 Å². The average molecular weight is 325 g/mol. The molecular formula is C20H27N3O. The van der Waals surface area contributed by atoms with Crippen LogP contribution >= 0.6 is 0 Å². The molecule has 0 aliphatic carbocycles. The van der Waals surface area contributed by atoms with E-state index < -0.39 is 0 Å². The minimum atomic E-state index is -0.0548. The molecule has 0 saturated carbocycles. The van der Waals surface area contributed by atoms with E-state index in [1.54, 1.807) is 0 Å². The normalized spacial score (nSPS) is 11.4. The van der Waals surface area contributed by atoms with Gasteiger partial charge in [0.25, 0.3) is 5.91 Å². The Morgan fingerprint density at radius 1 is 1.00 bits per heavy atom. The fourth-order valence-corrected chi connectivity index (χ4v) is 2.79. The lowest BCUT2D eigenvalue weighted by Crippen LogP contribution is -2.40. The van der Waals surface area contributed by atoms with Crippen LogP contribution in [-0.4, -0.2) is 38.0 Å². The largest absolute Gasteiger partial charge is 0.355 e. The molecule has 0 unspecified atom stereocenters. The van der Waals surface area contributed by atoms with Crippen LogP contribution in [0, 0.1) is 5.41 Å². The van der Waals surface area contributed by atoms with Gasteiger partial charge in [-0.05, 0) is 43.8 Å². The van der Waals surface area contributed by atoms with Crippen LogP contribution in [0.1, 0.15) is 24.2 Å². The van der Waals surface area contributed by atoms with Crippen molar-refractivity contribution >= 4 is 17.3 Å². The first-order chi connectivity index (χ1) is 11.4. The highest BCUT2D eigenvalue weighted by Crippen LogP contribution is 2.21. The molecule has 2 aromatic rings. The van der Waals surface area contributed by atoms with Crippen molar-refractivity contribution in [3.05, 3.63) is 60.2 Å². The Bertz CT molecular complexity index is 666. The number of benzene rings is 2. The van der Waals surface area contributed by atoms with Crippen molar-refractivity contribution in [2.24, 2.45) is 5.41 Å². The van der Waals surface area contributed by atoms with Crippen molar-refractivity contribution in [2.45, 2.75) is 13.8 Å². The highest BCUT2D eigenvalue weighted by molar-refractivity contribution is 6.00. The average Bonchev–Trinajstić information content (AvgIpc) is 2.53. The number of anilines is 2. The number of nitrogens with zero attached hydrogens (tertiary/aromatic N) is 1.